The summed E-state index contributed by atoms with van der Waals surface area (Å²) in [6.45, 7) is 2.02. The molecule has 0 unspecified atom stereocenters. The first-order valence-electron chi connectivity index (χ1n) is 7.87. The van der Waals surface area contributed by atoms with E-state index in [0.717, 1.165) is 34.4 Å². The normalized spacial score (nSPS) is 13.0. The zero-order chi connectivity index (χ0) is 17.3. The first-order valence-corrected chi connectivity index (χ1v) is 8.69. The van der Waals surface area contributed by atoms with Crippen LogP contribution in [0.1, 0.15) is 54.4 Å². The summed E-state index contributed by atoms with van der Waals surface area (Å²) in [5.74, 6) is -0.526. The number of thiophene rings is 1. The van der Waals surface area contributed by atoms with Gasteiger partial charge in [-0.05, 0) is 37.0 Å². The van der Waals surface area contributed by atoms with Crippen LogP contribution in [0.5, 0.6) is 0 Å². The second-order valence-electron chi connectivity index (χ2n) is 5.88. The van der Waals surface area contributed by atoms with E-state index in [9.17, 15) is 14.4 Å². The van der Waals surface area contributed by atoms with Gasteiger partial charge in [0.2, 0.25) is 0 Å². The maximum absolute atomic E-state index is 12.8. The predicted octanol–water partition coefficient (Wildman–Crippen LogP) is 3.52. The highest BCUT2D eigenvalue weighted by molar-refractivity contribution is 7.14. The van der Waals surface area contributed by atoms with Crippen molar-refractivity contribution in [1.82, 2.24) is 0 Å². The van der Waals surface area contributed by atoms with E-state index in [-0.39, 0.29) is 24.4 Å². The van der Waals surface area contributed by atoms with Crippen molar-refractivity contribution >= 4 is 28.9 Å². The molecule has 1 aromatic heterocycles. The van der Waals surface area contributed by atoms with E-state index in [0.29, 0.717) is 10.4 Å². The molecule has 0 atom stereocenters. The minimum Gasteiger partial charge on any atom is -0.469 e. The average Bonchev–Trinajstić information content (AvgIpc) is 2.96. The Balaban J connectivity index is 1.88. The number of methoxy groups -OCH3 is 1. The Morgan fingerprint density at radius 1 is 1.17 bits per heavy atom. The van der Waals surface area contributed by atoms with E-state index in [1.807, 2.05) is 25.1 Å². The van der Waals surface area contributed by atoms with Crippen molar-refractivity contribution in [3.63, 3.8) is 0 Å². The van der Waals surface area contributed by atoms with Crippen LogP contribution in [0.4, 0.5) is 0 Å². The summed E-state index contributed by atoms with van der Waals surface area (Å²) < 4.78 is 4.56. The van der Waals surface area contributed by atoms with Gasteiger partial charge < -0.3 is 4.74 Å². The van der Waals surface area contributed by atoms with Crippen LogP contribution >= 0.6 is 11.3 Å². The summed E-state index contributed by atoms with van der Waals surface area (Å²) in [5.41, 5.74) is 3.60. The maximum atomic E-state index is 12.8. The number of ether oxygens (including phenoxy) is 1. The molecule has 0 radical (unpaired) electrons. The van der Waals surface area contributed by atoms with Gasteiger partial charge in [0.25, 0.3) is 0 Å². The monoisotopic (exact) mass is 342 g/mol. The van der Waals surface area contributed by atoms with E-state index in [1.54, 1.807) is 6.07 Å². The zero-order valence-corrected chi connectivity index (χ0v) is 14.5. The van der Waals surface area contributed by atoms with Crippen LogP contribution in [0.3, 0.4) is 0 Å². The number of hydrogen-bond donors (Lipinski definition) is 0. The largest absolute Gasteiger partial charge is 0.469 e. The van der Waals surface area contributed by atoms with Gasteiger partial charge in [-0.2, -0.15) is 0 Å². The number of carbonyl (C=O) groups is 3. The highest BCUT2D eigenvalue weighted by Crippen LogP contribution is 2.32. The summed E-state index contributed by atoms with van der Waals surface area (Å²) in [5, 5.41) is 0. The Hall–Kier alpha value is -2.27. The van der Waals surface area contributed by atoms with Gasteiger partial charge in [-0.15, -0.1) is 11.3 Å². The van der Waals surface area contributed by atoms with Gasteiger partial charge >= 0.3 is 5.97 Å². The van der Waals surface area contributed by atoms with Crippen molar-refractivity contribution in [2.24, 2.45) is 0 Å². The first kappa shape index (κ1) is 16.6. The number of benzene rings is 1. The van der Waals surface area contributed by atoms with Crippen LogP contribution in [0.2, 0.25) is 0 Å². The molecule has 3 rings (SSSR count). The molecular weight excluding hydrogens is 324 g/mol. The molecule has 0 saturated heterocycles. The minimum absolute atomic E-state index is 0.00975. The standard InChI is InChI=1S/C19H18O4S/c1-11-4-3-5-13-12(11)6-8-16-14(19(13)22)10-17(24-16)15(20)7-9-18(21)23-2/h3-5,10H,6-9H2,1-2H3. The fourth-order valence-corrected chi connectivity index (χ4v) is 4.14. The molecule has 0 aliphatic heterocycles. The Morgan fingerprint density at radius 3 is 2.71 bits per heavy atom. The Kier molecular flexibility index (Phi) is 4.62. The second-order valence-corrected chi connectivity index (χ2v) is 7.01. The zero-order valence-electron chi connectivity index (χ0n) is 13.7. The molecule has 0 N–H and O–H groups in total. The fraction of sp³-hybridized carbons (Fsp3) is 0.316. The predicted molar refractivity (Wildman–Crippen MR) is 91.9 cm³/mol. The SMILES string of the molecule is COC(=O)CCC(=O)c1cc2c(s1)CCc1c(C)cccc1C2=O. The number of ketones is 2. The fourth-order valence-electron chi connectivity index (χ4n) is 3.02. The molecular formula is C19H18O4S. The topological polar surface area (TPSA) is 60.4 Å². The number of fused-ring (bicyclic) bond motifs is 2. The van der Waals surface area contributed by atoms with Gasteiger partial charge in [0.1, 0.15) is 0 Å². The summed E-state index contributed by atoms with van der Waals surface area (Å²) >= 11 is 1.37. The lowest BCUT2D eigenvalue weighted by atomic mass is 9.96. The number of rotatable bonds is 4. The smallest absolute Gasteiger partial charge is 0.305 e. The second kappa shape index (κ2) is 6.69. The molecule has 24 heavy (non-hydrogen) atoms. The molecule has 124 valence electrons. The van der Waals surface area contributed by atoms with Gasteiger partial charge in [0.05, 0.1) is 18.4 Å². The molecule has 0 bridgehead atoms. The average molecular weight is 342 g/mol. The van der Waals surface area contributed by atoms with E-state index < -0.39 is 5.97 Å². The number of aryl methyl sites for hydroxylation is 2. The highest BCUT2D eigenvalue weighted by Gasteiger charge is 2.26. The van der Waals surface area contributed by atoms with Gasteiger partial charge in [-0.1, -0.05) is 18.2 Å². The third kappa shape index (κ3) is 3.04. The lowest BCUT2D eigenvalue weighted by Gasteiger charge is -2.07. The van der Waals surface area contributed by atoms with Crippen molar-refractivity contribution in [1.29, 1.82) is 0 Å². The van der Waals surface area contributed by atoms with E-state index in [4.69, 9.17) is 0 Å². The van der Waals surface area contributed by atoms with Crippen molar-refractivity contribution < 1.29 is 19.1 Å². The third-order valence-corrected chi connectivity index (χ3v) is 5.61. The summed E-state index contributed by atoms with van der Waals surface area (Å²) in [6.07, 6.45) is 1.73. The van der Waals surface area contributed by atoms with Crippen LogP contribution in [-0.4, -0.2) is 24.6 Å². The number of carbonyl (C=O) groups excluding carboxylic acids is 3. The van der Waals surface area contributed by atoms with Gasteiger partial charge in [0, 0.05) is 22.4 Å². The number of Topliss-reactive ketones (excluding diaryl/α,β-unsaturated/α-hetero) is 1. The molecule has 4 nitrogen and oxygen atoms in total. The molecule has 1 aromatic carbocycles. The van der Waals surface area contributed by atoms with Gasteiger partial charge in [0.15, 0.2) is 11.6 Å². The highest BCUT2D eigenvalue weighted by atomic mass is 32.1. The van der Waals surface area contributed by atoms with Crippen molar-refractivity contribution in [3.8, 4) is 0 Å². The summed E-state index contributed by atoms with van der Waals surface area (Å²) in [7, 11) is 1.30. The number of hydrogen-bond acceptors (Lipinski definition) is 5. The summed E-state index contributed by atoms with van der Waals surface area (Å²) in [6, 6.07) is 7.47. The van der Waals surface area contributed by atoms with E-state index in [1.165, 1.54) is 18.4 Å². The van der Waals surface area contributed by atoms with Crippen molar-refractivity contribution in [3.05, 3.63) is 56.3 Å². The van der Waals surface area contributed by atoms with Crippen molar-refractivity contribution in [2.75, 3.05) is 7.11 Å². The minimum atomic E-state index is -0.401. The Morgan fingerprint density at radius 2 is 1.96 bits per heavy atom. The van der Waals surface area contributed by atoms with E-state index >= 15 is 0 Å². The Labute approximate surface area is 144 Å². The van der Waals surface area contributed by atoms with E-state index in [2.05, 4.69) is 4.74 Å². The lowest BCUT2D eigenvalue weighted by Crippen LogP contribution is -2.06. The lowest BCUT2D eigenvalue weighted by molar-refractivity contribution is -0.140. The van der Waals surface area contributed by atoms with Crippen LogP contribution in [-0.2, 0) is 22.4 Å². The summed E-state index contributed by atoms with van der Waals surface area (Å²) in [4.78, 5) is 37.8. The molecule has 0 amide bonds. The molecule has 2 aromatic rings. The van der Waals surface area contributed by atoms with Crippen LogP contribution in [0.25, 0.3) is 0 Å². The van der Waals surface area contributed by atoms with Gasteiger partial charge in [-0.3, -0.25) is 14.4 Å². The quantitative estimate of drug-likeness (QED) is 0.630. The third-order valence-electron chi connectivity index (χ3n) is 4.37. The first-order chi connectivity index (χ1) is 11.5. The van der Waals surface area contributed by atoms with Crippen LogP contribution in [0.15, 0.2) is 24.3 Å². The molecule has 5 heteroatoms. The molecule has 0 fully saturated rings. The molecule has 1 aliphatic carbocycles. The maximum Gasteiger partial charge on any atom is 0.305 e. The number of esters is 1. The van der Waals surface area contributed by atoms with Crippen LogP contribution < -0.4 is 0 Å². The molecule has 0 saturated carbocycles. The van der Waals surface area contributed by atoms with Crippen molar-refractivity contribution in [2.45, 2.75) is 32.6 Å². The Bertz CT molecular complexity index is 832. The van der Waals surface area contributed by atoms with Crippen LogP contribution in [0, 0.1) is 6.92 Å². The molecule has 1 aliphatic rings. The van der Waals surface area contributed by atoms with Gasteiger partial charge in [-0.25, -0.2) is 0 Å². The molecule has 0 spiro atoms. The molecule has 1 heterocycles.